The van der Waals surface area contributed by atoms with Crippen molar-refractivity contribution in [1.29, 1.82) is 0 Å². The SMILES string of the molecule is CCNC(=NCc1nccn1C(F)F)N1CC(C)CC(C)C1.I. The van der Waals surface area contributed by atoms with E-state index >= 15 is 0 Å². The lowest BCUT2D eigenvalue weighted by Crippen LogP contribution is -2.48. The largest absolute Gasteiger partial charge is 0.357 e. The first kappa shape index (κ1) is 20.1. The van der Waals surface area contributed by atoms with Gasteiger partial charge in [-0.05, 0) is 25.2 Å². The Balaban J connectivity index is 0.00000264. The summed E-state index contributed by atoms with van der Waals surface area (Å²) in [6.07, 6.45) is 3.88. The van der Waals surface area contributed by atoms with E-state index in [1.165, 1.54) is 18.8 Å². The molecule has 1 N–H and O–H groups in total. The number of imidazole rings is 1. The van der Waals surface area contributed by atoms with Gasteiger partial charge in [0.25, 0.3) is 0 Å². The van der Waals surface area contributed by atoms with Gasteiger partial charge in [-0.1, -0.05) is 13.8 Å². The zero-order valence-corrected chi connectivity index (χ0v) is 16.2. The average Bonchev–Trinajstić information content (AvgIpc) is 2.91. The van der Waals surface area contributed by atoms with Crippen molar-refractivity contribution in [2.45, 2.75) is 40.3 Å². The second kappa shape index (κ2) is 9.39. The van der Waals surface area contributed by atoms with E-state index in [1.54, 1.807) is 0 Å². The van der Waals surface area contributed by atoms with Crippen LogP contribution in [-0.4, -0.2) is 40.0 Å². The minimum Gasteiger partial charge on any atom is -0.357 e. The van der Waals surface area contributed by atoms with Gasteiger partial charge in [-0.3, -0.25) is 4.57 Å². The fraction of sp³-hybridized carbons (Fsp3) is 0.733. The van der Waals surface area contributed by atoms with Crippen molar-refractivity contribution in [2.24, 2.45) is 16.8 Å². The number of likely N-dealkylation sites (tertiary alicyclic amines) is 1. The third-order valence-electron chi connectivity index (χ3n) is 3.83. The minimum atomic E-state index is -2.58. The highest BCUT2D eigenvalue weighted by atomic mass is 127. The predicted molar refractivity (Wildman–Crippen MR) is 98.2 cm³/mol. The number of nitrogens with one attached hydrogen (secondary N) is 1. The summed E-state index contributed by atoms with van der Waals surface area (Å²) >= 11 is 0. The van der Waals surface area contributed by atoms with E-state index in [-0.39, 0.29) is 36.3 Å². The Morgan fingerprint density at radius 1 is 1.39 bits per heavy atom. The van der Waals surface area contributed by atoms with Crippen LogP contribution in [0.2, 0.25) is 0 Å². The lowest BCUT2D eigenvalue weighted by atomic mass is 9.92. The average molecular weight is 441 g/mol. The Labute approximate surface area is 153 Å². The number of hydrogen-bond acceptors (Lipinski definition) is 2. The second-order valence-corrected chi connectivity index (χ2v) is 6.05. The lowest BCUT2D eigenvalue weighted by molar-refractivity contribution is 0.0670. The van der Waals surface area contributed by atoms with Crippen molar-refractivity contribution in [1.82, 2.24) is 19.8 Å². The second-order valence-electron chi connectivity index (χ2n) is 6.05. The summed E-state index contributed by atoms with van der Waals surface area (Å²) in [5, 5.41) is 3.26. The molecule has 2 heterocycles. The third-order valence-corrected chi connectivity index (χ3v) is 3.83. The van der Waals surface area contributed by atoms with Gasteiger partial charge in [0.05, 0.1) is 0 Å². The van der Waals surface area contributed by atoms with Crippen LogP contribution < -0.4 is 5.32 Å². The number of aliphatic imine (C=N–C) groups is 1. The van der Waals surface area contributed by atoms with Crippen molar-refractivity contribution in [2.75, 3.05) is 19.6 Å². The molecule has 5 nitrogen and oxygen atoms in total. The van der Waals surface area contributed by atoms with Crippen LogP contribution in [-0.2, 0) is 6.54 Å². The van der Waals surface area contributed by atoms with E-state index < -0.39 is 6.55 Å². The molecule has 0 amide bonds. The summed E-state index contributed by atoms with van der Waals surface area (Å²) in [6, 6.07) is 0. The Kier molecular flexibility index (Phi) is 8.21. The van der Waals surface area contributed by atoms with E-state index in [2.05, 4.69) is 34.0 Å². The molecule has 2 rings (SSSR count). The van der Waals surface area contributed by atoms with Gasteiger partial charge in [0.1, 0.15) is 12.4 Å². The standard InChI is InChI=1S/C15H25F2N5.HI/c1-4-18-15(21-9-11(2)7-12(3)10-21)20-8-13-19-5-6-22(13)14(16)17;/h5-6,11-12,14H,4,7-10H2,1-3H3,(H,18,20);1H. The van der Waals surface area contributed by atoms with Gasteiger partial charge in [-0.2, -0.15) is 8.78 Å². The Morgan fingerprint density at radius 2 is 2.04 bits per heavy atom. The highest BCUT2D eigenvalue weighted by Gasteiger charge is 2.24. The quantitative estimate of drug-likeness (QED) is 0.443. The number of rotatable bonds is 4. The van der Waals surface area contributed by atoms with Gasteiger partial charge in [-0.15, -0.1) is 24.0 Å². The third kappa shape index (κ3) is 5.58. The predicted octanol–water partition coefficient (Wildman–Crippen LogP) is 3.34. The van der Waals surface area contributed by atoms with E-state index in [0.29, 0.717) is 11.8 Å². The monoisotopic (exact) mass is 441 g/mol. The number of piperidine rings is 1. The molecule has 1 saturated heterocycles. The van der Waals surface area contributed by atoms with E-state index in [4.69, 9.17) is 0 Å². The zero-order valence-electron chi connectivity index (χ0n) is 13.9. The van der Waals surface area contributed by atoms with Crippen LogP contribution in [0, 0.1) is 11.8 Å². The molecular formula is C15H26F2IN5. The molecule has 0 radical (unpaired) electrons. The van der Waals surface area contributed by atoms with Crippen LogP contribution >= 0.6 is 24.0 Å². The fourth-order valence-electron chi connectivity index (χ4n) is 3.05. The number of guanidine groups is 1. The topological polar surface area (TPSA) is 45.5 Å². The number of nitrogens with zero attached hydrogens (tertiary/aromatic N) is 4. The molecule has 0 aliphatic carbocycles. The molecule has 2 atom stereocenters. The zero-order chi connectivity index (χ0) is 16.1. The van der Waals surface area contributed by atoms with E-state index in [9.17, 15) is 8.78 Å². The van der Waals surface area contributed by atoms with Crippen molar-refractivity contribution < 1.29 is 8.78 Å². The normalized spacial score (nSPS) is 22.2. The van der Waals surface area contributed by atoms with Crippen molar-refractivity contribution in [3.8, 4) is 0 Å². The van der Waals surface area contributed by atoms with Crippen LogP contribution in [0.25, 0.3) is 0 Å². The first-order chi connectivity index (χ1) is 10.5. The van der Waals surface area contributed by atoms with Crippen LogP contribution in [0.1, 0.15) is 39.6 Å². The maximum Gasteiger partial charge on any atom is 0.319 e. The van der Waals surface area contributed by atoms with Gasteiger partial charge in [0.2, 0.25) is 0 Å². The lowest BCUT2D eigenvalue weighted by Gasteiger charge is -2.37. The first-order valence-electron chi connectivity index (χ1n) is 7.84. The summed E-state index contributed by atoms with van der Waals surface area (Å²) in [5.74, 6) is 2.28. The minimum absolute atomic E-state index is 0. The molecular weight excluding hydrogens is 415 g/mol. The molecule has 0 saturated carbocycles. The van der Waals surface area contributed by atoms with Crippen LogP contribution in [0.3, 0.4) is 0 Å². The molecule has 0 bridgehead atoms. The fourth-order valence-corrected chi connectivity index (χ4v) is 3.05. The number of aromatic nitrogens is 2. The molecule has 2 unspecified atom stereocenters. The summed E-state index contributed by atoms with van der Waals surface area (Å²) in [7, 11) is 0. The molecule has 1 aliphatic heterocycles. The summed E-state index contributed by atoms with van der Waals surface area (Å²) < 4.78 is 26.5. The number of hydrogen-bond donors (Lipinski definition) is 1. The van der Waals surface area contributed by atoms with Gasteiger partial charge in [0, 0.05) is 32.0 Å². The van der Waals surface area contributed by atoms with Gasteiger partial charge in [-0.25, -0.2) is 9.98 Å². The Hall–Kier alpha value is -0.930. The molecule has 23 heavy (non-hydrogen) atoms. The summed E-state index contributed by atoms with van der Waals surface area (Å²) in [6.45, 7) is 6.68. The van der Waals surface area contributed by atoms with E-state index in [0.717, 1.165) is 30.2 Å². The Morgan fingerprint density at radius 3 is 2.61 bits per heavy atom. The van der Waals surface area contributed by atoms with E-state index in [1.807, 2.05) is 6.92 Å². The molecule has 1 fully saturated rings. The first-order valence-corrected chi connectivity index (χ1v) is 7.84. The molecule has 8 heteroatoms. The number of alkyl halides is 2. The van der Waals surface area contributed by atoms with Crippen molar-refractivity contribution in [3.05, 3.63) is 18.2 Å². The van der Waals surface area contributed by atoms with Crippen LogP contribution in [0.4, 0.5) is 8.78 Å². The van der Waals surface area contributed by atoms with Gasteiger partial charge < -0.3 is 10.2 Å². The molecule has 1 aromatic rings. The maximum atomic E-state index is 12.8. The molecule has 1 aliphatic rings. The number of halogens is 3. The van der Waals surface area contributed by atoms with Crippen molar-refractivity contribution in [3.63, 3.8) is 0 Å². The van der Waals surface area contributed by atoms with Crippen LogP contribution in [0.5, 0.6) is 0 Å². The maximum absolute atomic E-state index is 12.8. The molecule has 132 valence electrons. The summed E-state index contributed by atoms with van der Waals surface area (Å²) in [4.78, 5) is 10.7. The molecule has 0 spiro atoms. The summed E-state index contributed by atoms with van der Waals surface area (Å²) in [5.41, 5.74) is 0. The highest BCUT2D eigenvalue weighted by Crippen LogP contribution is 2.21. The Bertz CT molecular complexity index is 496. The van der Waals surface area contributed by atoms with Gasteiger partial charge in [0.15, 0.2) is 5.96 Å². The highest BCUT2D eigenvalue weighted by molar-refractivity contribution is 14.0. The molecule has 1 aromatic heterocycles. The molecule has 0 aromatic carbocycles. The van der Waals surface area contributed by atoms with Gasteiger partial charge >= 0.3 is 6.55 Å². The smallest absolute Gasteiger partial charge is 0.319 e. The van der Waals surface area contributed by atoms with Crippen molar-refractivity contribution >= 4 is 29.9 Å². The van der Waals surface area contributed by atoms with Crippen LogP contribution in [0.15, 0.2) is 17.4 Å².